The van der Waals surface area contributed by atoms with E-state index in [0.717, 1.165) is 12.0 Å². The van der Waals surface area contributed by atoms with Crippen LogP contribution in [-0.4, -0.2) is 24.7 Å². The first kappa shape index (κ1) is 14.7. The third kappa shape index (κ3) is 5.80. The van der Waals surface area contributed by atoms with Gasteiger partial charge in [-0.2, -0.15) is 0 Å². The van der Waals surface area contributed by atoms with Crippen molar-refractivity contribution in [1.29, 1.82) is 0 Å². The van der Waals surface area contributed by atoms with Crippen LogP contribution in [0.2, 0.25) is 0 Å². The zero-order chi connectivity index (χ0) is 13.4. The van der Waals surface area contributed by atoms with Crippen LogP contribution in [0.5, 0.6) is 0 Å². The van der Waals surface area contributed by atoms with Crippen molar-refractivity contribution in [3.8, 4) is 0 Å². The Morgan fingerprint density at radius 1 is 1.39 bits per heavy atom. The van der Waals surface area contributed by atoms with Gasteiger partial charge in [-0.15, -0.1) is 0 Å². The zero-order valence-electron chi connectivity index (χ0n) is 11.1. The summed E-state index contributed by atoms with van der Waals surface area (Å²) in [7, 11) is 0. The van der Waals surface area contributed by atoms with Crippen LogP contribution in [0, 0.1) is 0 Å². The average molecular weight is 250 g/mol. The second kappa shape index (κ2) is 7.13. The van der Waals surface area contributed by atoms with E-state index in [1.54, 1.807) is 0 Å². The number of hydrogen-bond donors (Lipinski definition) is 2. The lowest BCUT2D eigenvalue weighted by Crippen LogP contribution is -2.41. The molecule has 3 N–H and O–H groups in total. The highest BCUT2D eigenvalue weighted by Gasteiger charge is 2.16. The van der Waals surface area contributed by atoms with Gasteiger partial charge in [-0.25, -0.2) is 0 Å². The van der Waals surface area contributed by atoms with Crippen molar-refractivity contribution in [3.63, 3.8) is 0 Å². The van der Waals surface area contributed by atoms with Crippen molar-refractivity contribution < 1.29 is 9.53 Å². The number of ether oxygens (including phenoxy) is 1. The van der Waals surface area contributed by atoms with E-state index >= 15 is 0 Å². The topological polar surface area (TPSA) is 64.3 Å². The van der Waals surface area contributed by atoms with Crippen molar-refractivity contribution in [1.82, 2.24) is 5.32 Å². The molecule has 1 rings (SSSR count). The van der Waals surface area contributed by atoms with Crippen molar-refractivity contribution in [2.24, 2.45) is 5.73 Å². The van der Waals surface area contributed by atoms with E-state index in [9.17, 15) is 4.79 Å². The Bertz CT molecular complexity index is 363. The lowest BCUT2D eigenvalue weighted by Gasteiger charge is -2.22. The summed E-state index contributed by atoms with van der Waals surface area (Å²) in [6, 6.07) is 9.77. The van der Waals surface area contributed by atoms with Crippen LogP contribution in [0.15, 0.2) is 30.3 Å². The van der Waals surface area contributed by atoms with E-state index in [-0.39, 0.29) is 18.1 Å². The molecule has 1 aromatic carbocycles. The smallest absolute Gasteiger partial charge is 0.246 e. The summed E-state index contributed by atoms with van der Waals surface area (Å²) >= 11 is 0. The van der Waals surface area contributed by atoms with Crippen molar-refractivity contribution in [3.05, 3.63) is 35.9 Å². The molecule has 0 aliphatic rings. The molecule has 100 valence electrons. The fourth-order valence-corrected chi connectivity index (χ4v) is 1.33. The Morgan fingerprint density at radius 3 is 2.67 bits per heavy atom. The minimum absolute atomic E-state index is 0.0552. The van der Waals surface area contributed by atoms with E-state index < -0.39 is 0 Å². The number of carbonyl (C=O) groups is 1. The van der Waals surface area contributed by atoms with Gasteiger partial charge in [-0.1, -0.05) is 37.3 Å². The summed E-state index contributed by atoms with van der Waals surface area (Å²) in [5, 5.41) is 2.80. The summed E-state index contributed by atoms with van der Waals surface area (Å²) in [5.74, 6) is -0.120. The number of nitrogens with one attached hydrogen (secondary N) is 1. The average Bonchev–Trinajstić information content (AvgIpc) is 2.37. The number of amides is 1. The molecule has 0 bridgehead atoms. The number of rotatable bonds is 7. The molecule has 18 heavy (non-hydrogen) atoms. The Kier molecular flexibility index (Phi) is 5.82. The normalized spacial score (nSPS) is 13.9. The largest absolute Gasteiger partial charge is 0.370 e. The van der Waals surface area contributed by atoms with Gasteiger partial charge in [0.15, 0.2) is 0 Å². The molecular formula is C14H22N2O2. The predicted octanol–water partition coefficient (Wildman–Crippen LogP) is 1.45. The molecule has 1 unspecified atom stereocenters. The molecule has 0 saturated heterocycles. The number of carbonyl (C=O) groups excluding carboxylic acids is 1. The fourth-order valence-electron chi connectivity index (χ4n) is 1.33. The first-order chi connectivity index (χ1) is 8.53. The monoisotopic (exact) mass is 250 g/mol. The fraction of sp³-hybridized carbons (Fsp3) is 0.500. The standard InChI is InChI=1S/C14H22N2O2/c1-3-14(2,15)11-18-10-13(17)16-9-12-7-5-4-6-8-12/h4-8H,3,9-11,15H2,1-2H3,(H,16,17). The summed E-state index contributed by atoms with van der Waals surface area (Å²) in [5.41, 5.74) is 6.62. The van der Waals surface area contributed by atoms with Crippen molar-refractivity contribution in [2.75, 3.05) is 13.2 Å². The molecule has 4 nitrogen and oxygen atoms in total. The Hall–Kier alpha value is -1.39. The molecule has 0 saturated carbocycles. The van der Waals surface area contributed by atoms with Crippen LogP contribution >= 0.6 is 0 Å². The third-order valence-corrected chi connectivity index (χ3v) is 2.81. The van der Waals surface area contributed by atoms with E-state index in [0.29, 0.717) is 13.2 Å². The molecule has 0 aliphatic heterocycles. The van der Waals surface area contributed by atoms with Gasteiger partial charge < -0.3 is 15.8 Å². The second-order valence-electron chi connectivity index (χ2n) is 4.76. The van der Waals surface area contributed by atoms with Crippen LogP contribution in [0.25, 0.3) is 0 Å². The molecule has 0 fully saturated rings. The first-order valence-corrected chi connectivity index (χ1v) is 6.21. The molecule has 0 aliphatic carbocycles. The Morgan fingerprint density at radius 2 is 2.06 bits per heavy atom. The van der Waals surface area contributed by atoms with E-state index in [1.807, 2.05) is 44.2 Å². The van der Waals surface area contributed by atoms with Gasteiger partial charge in [-0.05, 0) is 18.9 Å². The highest BCUT2D eigenvalue weighted by atomic mass is 16.5. The summed E-state index contributed by atoms with van der Waals surface area (Å²) < 4.78 is 5.30. The molecule has 1 atom stereocenters. The summed E-state index contributed by atoms with van der Waals surface area (Å²) in [6.45, 7) is 4.88. The van der Waals surface area contributed by atoms with Gasteiger partial charge in [0, 0.05) is 12.1 Å². The highest BCUT2D eigenvalue weighted by molar-refractivity contribution is 5.77. The lowest BCUT2D eigenvalue weighted by molar-refractivity contribution is -0.126. The van der Waals surface area contributed by atoms with Gasteiger partial charge in [0.25, 0.3) is 0 Å². The maximum absolute atomic E-state index is 11.5. The Balaban J connectivity index is 2.19. The summed E-state index contributed by atoms with van der Waals surface area (Å²) in [6.07, 6.45) is 0.818. The zero-order valence-corrected chi connectivity index (χ0v) is 11.1. The maximum Gasteiger partial charge on any atom is 0.246 e. The van der Waals surface area contributed by atoms with Gasteiger partial charge in [0.1, 0.15) is 6.61 Å². The van der Waals surface area contributed by atoms with E-state index in [4.69, 9.17) is 10.5 Å². The number of hydrogen-bond acceptors (Lipinski definition) is 3. The molecule has 0 heterocycles. The molecule has 1 amide bonds. The second-order valence-corrected chi connectivity index (χ2v) is 4.76. The molecule has 0 aromatic heterocycles. The van der Waals surface area contributed by atoms with Crippen molar-refractivity contribution in [2.45, 2.75) is 32.4 Å². The van der Waals surface area contributed by atoms with Gasteiger partial charge >= 0.3 is 0 Å². The van der Waals surface area contributed by atoms with Crippen LogP contribution in [-0.2, 0) is 16.1 Å². The van der Waals surface area contributed by atoms with Crippen LogP contribution in [0.3, 0.4) is 0 Å². The SMILES string of the molecule is CCC(C)(N)COCC(=O)NCc1ccccc1. The van der Waals surface area contributed by atoms with Crippen LogP contribution in [0.4, 0.5) is 0 Å². The first-order valence-electron chi connectivity index (χ1n) is 6.21. The van der Waals surface area contributed by atoms with Gasteiger partial charge in [0.05, 0.1) is 6.61 Å². The van der Waals surface area contributed by atoms with Crippen LogP contribution < -0.4 is 11.1 Å². The maximum atomic E-state index is 11.5. The number of benzene rings is 1. The minimum atomic E-state index is -0.361. The quantitative estimate of drug-likeness (QED) is 0.769. The summed E-state index contributed by atoms with van der Waals surface area (Å²) in [4.78, 5) is 11.5. The number of nitrogens with two attached hydrogens (primary N) is 1. The van der Waals surface area contributed by atoms with Gasteiger partial charge in [-0.3, -0.25) is 4.79 Å². The molecule has 0 radical (unpaired) electrons. The Labute approximate surface area is 109 Å². The predicted molar refractivity (Wildman–Crippen MR) is 72.0 cm³/mol. The third-order valence-electron chi connectivity index (χ3n) is 2.81. The minimum Gasteiger partial charge on any atom is -0.370 e. The van der Waals surface area contributed by atoms with Crippen molar-refractivity contribution >= 4 is 5.91 Å². The van der Waals surface area contributed by atoms with E-state index in [1.165, 1.54) is 0 Å². The van der Waals surface area contributed by atoms with Crippen LogP contribution in [0.1, 0.15) is 25.8 Å². The molecule has 0 spiro atoms. The lowest BCUT2D eigenvalue weighted by atomic mass is 10.0. The highest BCUT2D eigenvalue weighted by Crippen LogP contribution is 2.04. The molecule has 1 aromatic rings. The van der Waals surface area contributed by atoms with Gasteiger partial charge in [0.2, 0.25) is 5.91 Å². The van der Waals surface area contributed by atoms with E-state index in [2.05, 4.69) is 5.32 Å². The molecular weight excluding hydrogens is 228 g/mol. The molecule has 4 heteroatoms.